The van der Waals surface area contributed by atoms with Gasteiger partial charge >= 0.3 is 0 Å². The second kappa shape index (κ2) is 7.75. The van der Waals surface area contributed by atoms with Crippen LogP contribution in [0.25, 0.3) is 0 Å². The number of ether oxygens (including phenoxy) is 1. The van der Waals surface area contributed by atoms with Gasteiger partial charge in [-0.05, 0) is 43.5 Å². The molecular formula is C14H19ClN2O3. The number of carbonyl (C=O) groups excluding carboxylic acids is 2. The van der Waals surface area contributed by atoms with E-state index in [-0.39, 0.29) is 12.5 Å². The van der Waals surface area contributed by atoms with Crippen molar-refractivity contribution < 1.29 is 14.3 Å². The molecule has 110 valence electrons. The third kappa shape index (κ3) is 5.09. The van der Waals surface area contributed by atoms with E-state index in [0.29, 0.717) is 17.2 Å². The van der Waals surface area contributed by atoms with Crippen molar-refractivity contribution in [2.45, 2.75) is 33.6 Å². The van der Waals surface area contributed by atoms with Crippen LogP contribution in [0.3, 0.4) is 0 Å². The summed E-state index contributed by atoms with van der Waals surface area (Å²) >= 11 is 6.04. The maximum Gasteiger partial charge on any atom is 0.276 e. The predicted octanol–water partition coefficient (Wildman–Crippen LogP) is 2.28. The van der Waals surface area contributed by atoms with Gasteiger partial charge in [0.1, 0.15) is 5.75 Å². The zero-order valence-electron chi connectivity index (χ0n) is 11.9. The zero-order chi connectivity index (χ0) is 15.1. The van der Waals surface area contributed by atoms with Crippen LogP contribution in [0.2, 0.25) is 5.02 Å². The lowest BCUT2D eigenvalue weighted by atomic mass is 10.1. The number of benzene rings is 1. The summed E-state index contributed by atoms with van der Waals surface area (Å²) < 4.78 is 5.35. The number of hydrogen-bond acceptors (Lipinski definition) is 3. The molecule has 0 saturated carbocycles. The minimum Gasteiger partial charge on any atom is -0.484 e. The van der Waals surface area contributed by atoms with Crippen molar-refractivity contribution in [2.24, 2.45) is 0 Å². The monoisotopic (exact) mass is 298 g/mol. The smallest absolute Gasteiger partial charge is 0.276 e. The standard InChI is InChI=1S/C14H19ClN2O3/c1-4-5-12(18)16-17-13(19)8-20-11-6-9(2)14(15)10(3)7-11/h6-7H,4-5,8H2,1-3H3,(H,16,18)(H,17,19). The predicted molar refractivity (Wildman–Crippen MR) is 77.6 cm³/mol. The number of rotatable bonds is 5. The van der Waals surface area contributed by atoms with Crippen LogP contribution in [0, 0.1) is 13.8 Å². The zero-order valence-corrected chi connectivity index (χ0v) is 12.6. The van der Waals surface area contributed by atoms with Crippen molar-refractivity contribution in [3.8, 4) is 5.75 Å². The van der Waals surface area contributed by atoms with Gasteiger partial charge in [0.05, 0.1) is 0 Å². The van der Waals surface area contributed by atoms with Crippen molar-refractivity contribution >= 4 is 23.4 Å². The molecule has 1 rings (SSSR count). The first-order valence-corrected chi connectivity index (χ1v) is 6.79. The van der Waals surface area contributed by atoms with Crippen LogP contribution in [-0.4, -0.2) is 18.4 Å². The first kappa shape index (κ1) is 16.3. The van der Waals surface area contributed by atoms with Crippen LogP contribution in [0.1, 0.15) is 30.9 Å². The third-order valence-corrected chi connectivity index (χ3v) is 3.19. The van der Waals surface area contributed by atoms with Crippen molar-refractivity contribution in [1.29, 1.82) is 0 Å². The van der Waals surface area contributed by atoms with E-state index in [1.54, 1.807) is 12.1 Å². The lowest BCUT2D eigenvalue weighted by molar-refractivity contribution is -0.130. The summed E-state index contributed by atoms with van der Waals surface area (Å²) in [7, 11) is 0. The second-order valence-electron chi connectivity index (χ2n) is 4.51. The van der Waals surface area contributed by atoms with Gasteiger partial charge in [-0.25, -0.2) is 0 Å². The Hall–Kier alpha value is -1.75. The molecule has 0 spiro atoms. The lowest BCUT2D eigenvalue weighted by Crippen LogP contribution is -2.43. The molecule has 0 aliphatic rings. The maximum absolute atomic E-state index is 11.5. The van der Waals surface area contributed by atoms with Crippen LogP contribution in [0.4, 0.5) is 0 Å². The second-order valence-corrected chi connectivity index (χ2v) is 4.88. The highest BCUT2D eigenvalue weighted by Gasteiger charge is 2.07. The third-order valence-electron chi connectivity index (χ3n) is 2.60. The molecule has 0 aliphatic carbocycles. The van der Waals surface area contributed by atoms with Gasteiger partial charge in [-0.1, -0.05) is 18.5 Å². The van der Waals surface area contributed by atoms with Crippen molar-refractivity contribution in [2.75, 3.05) is 6.61 Å². The van der Waals surface area contributed by atoms with E-state index >= 15 is 0 Å². The van der Waals surface area contributed by atoms with Gasteiger partial charge in [-0.2, -0.15) is 0 Å². The summed E-state index contributed by atoms with van der Waals surface area (Å²) in [4.78, 5) is 22.7. The molecule has 2 N–H and O–H groups in total. The van der Waals surface area contributed by atoms with E-state index in [9.17, 15) is 9.59 Å². The van der Waals surface area contributed by atoms with Crippen molar-refractivity contribution in [3.63, 3.8) is 0 Å². The van der Waals surface area contributed by atoms with Crippen LogP contribution in [0.15, 0.2) is 12.1 Å². The molecule has 5 nitrogen and oxygen atoms in total. The number of nitrogens with one attached hydrogen (secondary N) is 2. The Morgan fingerprint density at radius 2 is 1.70 bits per heavy atom. The average Bonchev–Trinajstić information content (AvgIpc) is 2.40. The summed E-state index contributed by atoms with van der Waals surface area (Å²) in [5.74, 6) is -0.0711. The molecule has 0 aliphatic heterocycles. The Morgan fingerprint density at radius 1 is 1.15 bits per heavy atom. The minimum absolute atomic E-state index is 0.174. The molecule has 0 radical (unpaired) electrons. The quantitative estimate of drug-likeness (QED) is 0.820. The van der Waals surface area contributed by atoms with Crippen LogP contribution in [-0.2, 0) is 9.59 Å². The fourth-order valence-corrected chi connectivity index (χ4v) is 1.71. The minimum atomic E-state index is -0.417. The average molecular weight is 299 g/mol. The van der Waals surface area contributed by atoms with Crippen LogP contribution in [0.5, 0.6) is 5.75 Å². The summed E-state index contributed by atoms with van der Waals surface area (Å²) in [6, 6.07) is 3.52. The molecule has 20 heavy (non-hydrogen) atoms. The first-order chi connectivity index (χ1) is 9.43. The highest BCUT2D eigenvalue weighted by molar-refractivity contribution is 6.32. The van der Waals surface area contributed by atoms with E-state index in [1.165, 1.54) is 0 Å². The molecule has 1 aromatic rings. The molecule has 6 heteroatoms. The van der Waals surface area contributed by atoms with Crippen molar-refractivity contribution in [1.82, 2.24) is 10.9 Å². The number of amides is 2. The summed E-state index contributed by atoms with van der Waals surface area (Å²) in [6.45, 7) is 5.45. The fourth-order valence-electron chi connectivity index (χ4n) is 1.60. The molecule has 0 aromatic heterocycles. The molecule has 0 bridgehead atoms. The highest BCUT2D eigenvalue weighted by Crippen LogP contribution is 2.25. The number of aryl methyl sites for hydroxylation is 2. The van der Waals surface area contributed by atoms with Gasteiger partial charge in [0.15, 0.2) is 6.61 Å². The van der Waals surface area contributed by atoms with Crippen LogP contribution < -0.4 is 15.6 Å². The van der Waals surface area contributed by atoms with Crippen molar-refractivity contribution in [3.05, 3.63) is 28.3 Å². The van der Waals surface area contributed by atoms with Gasteiger partial charge in [0.25, 0.3) is 5.91 Å². The number of hydrazine groups is 1. The van der Waals surface area contributed by atoms with Gasteiger partial charge in [0.2, 0.25) is 5.91 Å². The lowest BCUT2D eigenvalue weighted by Gasteiger charge is -2.10. The Bertz CT molecular complexity index is 480. The first-order valence-electron chi connectivity index (χ1n) is 6.41. The molecule has 1 aromatic carbocycles. The Kier molecular flexibility index (Phi) is 6.31. The molecular weight excluding hydrogens is 280 g/mol. The Morgan fingerprint density at radius 3 is 2.25 bits per heavy atom. The highest BCUT2D eigenvalue weighted by atomic mass is 35.5. The van der Waals surface area contributed by atoms with Gasteiger partial charge in [0, 0.05) is 11.4 Å². The number of halogens is 1. The summed E-state index contributed by atoms with van der Waals surface area (Å²) in [6.07, 6.45) is 1.10. The molecule has 0 heterocycles. The van der Waals surface area contributed by atoms with Gasteiger partial charge in [-0.3, -0.25) is 20.4 Å². The maximum atomic E-state index is 11.5. The Balaban J connectivity index is 2.43. The van der Waals surface area contributed by atoms with Gasteiger partial charge in [-0.15, -0.1) is 0 Å². The molecule has 0 unspecified atom stereocenters. The normalized spacial score (nSPS) is 10.0. The van der Waals surface area contributed by atoms with E-state index in [2.05, 4.69) is 10.9 Å². The largest absolute Gasteiger partial charge is 0.484 e. The molecule has 0 saturated heterocycles. The fraction of sp³-hybridized carbons (Fsp3) is 0.429. The Labute approximate surface area is 123 Å². The molecule has 0 atom stereocenters. The van der Waals surface area contributed by atoms with E-state index in [0.717, 1.165) is 17.5 Å². The molecule has 2 amide bonds. The number of hydrogen-bond donors (Lipinski definition) is 2. The number of carbonyl (C=O) groups is 2. The summed E-state index contributed by atoms with van der Waals surface area (Å²) in [5.41, 5.74) is 6.38. The van der Waals surface area contributed by atoms with E-state index in [4.69, 9.17) is 16.3 Å². The molecule has 0 fully saturated rings. The van der Waals surface area contributed by atoms with E-state index < -0.39 is 5.91 Å². The van der Waals surface area contributed by atoms with Gasteiger partial charge < -0.3 is 4.74 Å². The summed E-state index contributed by atoms with van der Waals surface area (Å²) in [5, 5.41) is 0.689. The topological polar surface area (TPSA) is 67.4 Å². The van der Waals surface area contributed by atoms with Crippen LogP contribution >= 0.6 is 11.6 Å². The SMILES string of the molecule is CCCC(=O)NNC(=O)COc1cc(C)c(Cl)c(C)c1. The van der Waals surface area contributed by atoms with E-state index in [1.807, 2.05) is 20.8 Å².